The van der Waals surface area contributed by atoms with Gasteiger partial charge >= 0.3 is 5.97 Å². The predicted octanol–water partition coefficient (Wildman–Crippen LogP) is 1.35. The van der Waals surface area contributed by atoms with Gasteiger partial charge in [0.15, 0.2) is 0 Å². The number of hydrogen-bond acceptors (Lipinski definition) is 2. The van der Waals surface area contributed by atoms with Crippen LogP contribution in [-0.2, 0) is 17.8 Å². The van der Waals surface area contributed by atoms with Crippen LogP contribution in [0.1, 0.15) is 11.1 Å². The second-order valence-electron chi connectivity index (χ2n) is 3.39. The van der Waals surface area contributed by atoms with E-state index in [1.54, 1.807) is 6.07 Å². The molecule has 0 amide bonds. The summed E-state index contributed by atoms with van der Waals surface area (Å²) < 4.78 is 12.8. The van der Waals surface area contributed by atoms with E-state index < -0.39 is 12.0 Å². The first-order chi connectivity index (χ1) is 6.66. The topological polar surface area (TPSA) is 49.3 Å². The van der Waals surface area contributed by atoms with Crippen LogP contribution in [0.5, 0.6) is 0 Å². The van der Waals surface area contributed by atoms with E-state index in [1.807, 2.05) is 0 Å². The summed E-state index contributed by atoms with van der Waals surface area (Å²) in [6.45, 7) is 0.421. The average molecular weight is 232 g/mol. The summed E-state index contributed by atoms with van der Waals surface area (Å²) in [4.78, 5) is 10.7. The molecule has 0 spiro atoms. The van der Waals surface area contributed by atoms with E-state index in [0.29, 0.717) is 13.0 Å². The van der Waals surface area contributed by atoms with Crippen LogP contribution in [-0.4, -0.2) is 17.1 Å². The molecule has 2 rings (SSSR count). The molecule has 0 radical (unpaired) electrons. The van der Waals surface area contributed by atoms with Crippen LogP contribution < -0.4 is 5.32 Å². The number of halogens is 2. The number of carbonyl (C=O) groups is 1. The van der Waals surface area contributed by atoms with E-state index >= 15 is 0 Å². The fraction of sp³-hybridized carbons (Fsp3) is 0.300. The number of rotatable bonds is 1. The average Bonchev–Trinajstić information content (AvgIpc) is 2.16. The lowest BCUT2D eigenvalue weighted by Crippen LogP contribution is -2.41. The van der Waals surface area contributed by atoms with Gasteiger partial charge in [-0.1, -0.05) is 6.07 Å². The molecular formula is C10H11ClFNO2. The van der Waals surface area contributed by atoms with Gasteiger partial charge in [-0.3, -0.25) is 4.79 Å². The Bertz CT molecular complexity index is 384. The number of benzene rings is 1. The maximum Gasteiger partial charge on any atom is 0.321 e. The monoisotopic (exact) mass is 231 g/mol. The normalized spacial score (nSPS) is 18.9. The third kappa shape index (κ3) is 2.46. The fourth-order valence-corrected chi connectivity index (χ4v) is 1.66. The SMILES string of the molecule is Cl.O=C(O)[C@H]1Cc2ccc(F)cc2CN1. The van der Waals surface area contributed by atoms with Crippen molar-refractivity contribution in [2.75, 3.05) is 0 Å². The highest BCUT2D eigenvalue weighted by Crippen LogP contribution is 2.17. The molecule has 1 aromatic carbocycles. The molecule has 5 heteroatoms. The van der Waals surface area contributed by atoms with Gasteiger partial charge in [0.1, 0.15) is 11.9 Å². The quantitative estimate of drug-likeness (QED) is 0.767. The van der Waals surface area contributed by atoms with Crippen molar-refractivity contribution in [3.05, 3.63) is 35.1 Å². The molecule has 15 heavy (non-hydrogen) atoms. The van der Waals surface area contributed by atoms with Gasteiger partial charge in [-0.2, -0.15) is 0 Å². The summed E-state index contributed by atoms with van der Waals surface area (Å²) in [6.07, 6.45) is 0.422. The minimum Gasteiger partial charge on any atom is -0.480 e. The zero-order valence-electron chi connectivity index (χ0n) is 7.87. The lowest BCUT2D eigenvalue weighted by Gasteiger charge is -2.22. The van der Waals surface area contributed by atoms with Crippen LogP contribution in [0.2, 0.25) is 0 Å². The molecule has 0 bridgehead atoms. The van der Waals surface area contributed by atoms with Crippen molar-refractivity contribution in [2.45, 2.75) is 19.0 Å². The lowest BCUT2D eigenvalue weighted by molar-refractivity contribution is -0.139. The van der Waals surface area contributed by atoms with Crippen molar-refractivity contribution in [2.24, 2.45) is 0 Å². The van der Waals surface area contributed by atoms with Crippen molar-refractivity contribution < 1.29 is 14.3 Å². The van der Waals surface area contributed by atoms with Crippen LogP contribution in [0.4, 0.5) is 4.39 Å². The van der Waals surface area contributed by atoms with Crippen LogP contribution in [0.25, 0.3) is 0 Å². The van der Waals surface area contributed by atoms with Gasteiger partial charge in [-0.25, -0.2) is 4.39 Å². The molecule has 82 valence electrons. The number of carboxylic acid groups (broad SMARTS) is 1. The second-order valence-corrected chi connectivity index (χ2v) is 3.39. The lowest BCUT2D eigenvalue weighted by atomic mass is 9.96. The molecule has 2 N–H and O–H groups in total. The van der Waals surface area contributed by atoms with Gasteiger partial charge in [0.05, 0.1) is 0 Å². The smallest absolute Gasteiger partial charge is 0.321 e. The van der Waals surface area contributed by atoms with E-state index in [-0.39, 0.29) is 18.2 Å². The van der Waals surface area contributed by atoms with Crippen LogP contribution in [0.15, 0.2) is 18.2 Å². The van der Waals surface area contributed by atoms with Gasteiger partial charge in [0.2, 0.25) is 0 Å². The van der Waals surface area contributed by atoms with Gasteiger partial charge < -0.3 is 10.4 Å². The molecule has 0 aromatic heterocycles. The third-order valence-electron chi connectivity index (χ3n) is 2.43. The molecule has 0 saturated heterocycles. The molecular weight excluding hydrogens is 221 g/mol. The highest BCUT2D eigenvalue weighted by molar-refractivity contribution is 5.85. The van der Waals surface area contributed by atoms with E-state index in [9.17, 15) is 9.18 Å². The Balaban J connectivity index is 0.00000112. The molecule has 1 aromatic rings. The molecule has 0 unspecified atom stereocenters. The van der Waals surface area contributed by atoms with Crippen molar-refractivity contribution in [1.82, 2.24) is 5.32 Å². The van der Waals surface area contributed by atoms with Crippen molar-refractivity contribution in [3.8, 4) is 0 Å². The van der Waals surface area contributed by atoms with Gasteiger partial charge in [-0.05, 0) is 29.7 Å². The van der Waals surface area contributed by atoms with Crippen LogP contribution in [0, 0.1) is 5.82 Å². The van der Waals surface area contributed by atoms with Crippen LogP contribution in [0.3, 0.4) is 0 Å². The first kappa shape index (κ1) is 11.9. The maximum atomic E-state index is 12.8. The molecule has 1 aliphatic heterocycles. The third-order valence-corrected chi connectivity index (χ3v) is 2.43. The first-order valence-corrected chi connectivity index (χ1v) is 4.40. The Labute approximate surface area is 92.7 Å². The van der Waals surface area contributed by atoms with Gasteiger partial charge in [0.25, 0.3) is 0 Å². The highest BCUT2D eigenvalue weighted by atomic mass is 35.5. The Hall–Kier alpha value is -1.13. The zero-order valence-corrected chi connectivity index (χ0v) is 8.68. The Kier molecular flexibility index (Phi) is 3.66. The Morgan fingerprint density at radius 3 is 2.87 bits per heavy atom. The fourth-order valence-electron chi connectivity index (χ4n) is 1.66. The molecule has 0 fully saturated rings. The minimum absolute atomic E-state index is 0. The number of fused-ring (bicyclic) bond motifs is 1. The van der Waals surface area contributed by atoms with Crippen molar-refractivity contribution in [3.63, 3.8) is 0 Å². The van der Waals surface area contributed by atoms with Crippen LogP contribution >= 0.6 is 12.4 Å². The number of nitrogens with one attached hydrogen (secondary N) is 1. The Morgan fingerprint density at radius 2 is 2.20 bits per heavy atom. The summed E-state index contributed by atoms with van der Waals surface area (Å²) >= 11 is 0. The maximum absolute atomic E-state index is 12.8. The second kappa shape index (κ2) is 4.59. The van der Waals surface area contributed by atoms with Crippen molar-refractivity contribution in [1.29, 1.82) is 0 Å². The molecule has 1 aliphatic rings. The number of aliphatic carboxylic acids is 1. The predicted molar refractivity (Wildman–Crippen MR) is 55.6 cm³/mol. The first-order valence-electron chi connectivity index (χ1n) is 4.40. The van der Waals surface area contributed by atoms with E-state index in [1.165, 1.54) is 12.1 Å². The molecule has 1 atom stereocenters. The Morgan fingerprint density at radius 1 is 1.47 bits per heavy atom. The van der Waals surface area contributed by atoms with Crippen molar-refractivity contribution >= 4 is 18.4 Å². The number of carboxylic acids is 1. The summed E-state index contributed by atoms with van der Waals surface area (Å²) in [5.41, 5.74) is 1.76. The minimum atomic E-state index is -0.861. The van der Waals surface area contributed by atoms with E-state index in [0.717, 1.165) is 11.1 Å². The van der Waals surface area contributed by atoms with E-state index in [4.69, 9.17) is 5.11 Å². The van der Waals surface area contributed by atoms with Gasteiger partial charge in [-0.15, -0.1) is 12.4 Å². The highest BCUT2D eigenvalue weighted by Gasteiger charge is 2.23. The largest absolute Gasteiger partial charge is 0.480 e. The molecule has 0 saturated carbocycles. The summed E-state index contributed by atoms with van der Waals surface area (Å²) in [6, 6.07) is 3.92. The van der Waals surface area contributed by atoms with Gasteiger partial charge in [0, 0.05) is 6.54 Å². The van der Waals surface area contributed by atoms with E-state index in [2.05, 4.69) is 5.32 Å². The number of hydrogen-bond donors (Lipinski definition) is 2. The standard InChI is InChI=1S/C10H10FNO2.ClH/c11-8-2-1-6-4-9(10(13)14)12-5-7(6)3-8;/h1-3,9,12H,4-5H2,(H,13,14);1H/t9-;/m1./s1. The summed E-state index contributed by atoms with van der Waals surface area (Å²) in [5, 5.41) is 11.6. The molecule has 1 heterocycles. The zero-order chi connectivity index (χ0) is 10.1. The molecule has 3 nitrogen and oxygen atoms in total. The summed E-state index contributed by atoms with van der Waals surface area (Å²) in [5.74, 6) is -1.14. The molecule has 0 aliphatic carbocycles. The summed E-state index contributed by atoms with van der Waals surface area (Å²) in [7, 11) is 0.